The van der Waals surface area contributed by atoms with Gasteiger partial charge in [0.25, 0.3) is 0 Å². The number of nitrogen functional groups attached to an aromatic ring is 1. The van der Waals surface area contributed by atoms with Crippen molar-refractivity contribution in [2.45, 2.75) is 6.18 Å². The van der Waals surface area contributed by atoms with Crippen LogP contribution in [-0.2, 0) is 6.18 Å². The minimum absolute atomic E-state index is 0.0752. The summed E-state index contributed by atoms with van der Waals surface area (Å²) < 4.78 is 37.3. The molecule has 0 amide bonds. The zero-order valence-corrected chi connectivity index (χ0v) is 9.83. The van der Waals surface area contributed by atoms with E-state index in [1.807, 2.05) is 0 Å². The molecule has 0 saturated carbocycles. The van der Waals surface area contributed by atoms with E-state index in [1.165, 1.54) is 12.1 Å². The molecule has 0 heterocycles. The quantitative estimate of drug-likeness (QED) is 0.631. The van der Waals surface area contributed by atoms with Crippen LogP contribution < -0.4 is 5.73 Å². The highest BCUT2D eigenvalue weighted by atomic mass is 19.4. The fourth-order valence-electron chi connectivity index (χ4n) is 1.72. The van der Waals surface area contributed by atoms with Crippen LogP contribution in [0.3, 0.4) is 0 Å². The smallest absolute Gasteiger partial charge is 0.384 e. The van der Waals surface area contributed by atoms with Crippen LogP contribution in [0.25, 0.3) is 11.1 Å². The van der Waals surface area contributed by atoms with Gasteiger partial charge in [-0.25, -0.2) is 0 Å². The summed E-state index contributed by atoms with van der Waals surface area (Å²) in [5.41, 5.74) is 6.61. The Morgan fingerprint density at radius 3 is 2.11 bits per heavy atom. The Morgan fingerprint density at radius 1 is 0.947 bits per heavy atom. The average molecular weight is 264 g/mol. The van der Waals surface area contributed by atoms with Crippen molar-refractivity contribution in [3.63, 3.8) is 0 Å². The van der Waals surface area contributed by atoms with Crippen molar-refractivity contribution in [3.8, 4) is 11.1 Å². The minimum Gasteiger partial charge on any atom is -0.384 e. The SMILES string of the molecule is N=C(N)c1cccc(-c2ccc(C(F)(F)F)cc2)c1. The van der Waals surface area contributed by atoms with Crippen LogP contribution in [0.15, 0.2) is 48.5 Å². The Kier molecular flexibility index (Phi) is 3.29. The van der Waals surface area contributed by atoms with E-state index in [9.17, 15) is 13.2 Å². The van der Waals surface area contributed by atoms with Crippen LogP contribution in [0.2, 0.25) is 0 Å². The summed E-state index contributed by atoms with van der Waals surface area (Å²) in [5, 5.41) is 7.34. The zero-order valence-electron chi connectivity index (χ0n) is 9.83. The first kappa shape index (κ1) is 13.1. The van der Waals surface area contributed by atoms with Gasteiger partial charge >= 0.3 is 6.18 Å². The lowest BCUT2D eigenvalue weighted by atomic mass is 10.0. The number of rotatable bonds is 2. The second-order valence-electron chi connectivity index (χ2n) is 4.07. The summed E-state index contributed by atoms with van der Waals surface area (Å²) >= 11 is 0. The lowest BCUT2D eigenvalue weighted by molar-refractivity contribution is -0.137. The van der Waals surface area contributed by atoms with Gasteiger partial charge in [0, 0.05) is 5.56 Å². The molecule has 2 rings (SSSR count). The molecule has 0 unspecified atom stereocenters. The molecule has 0 aliphatic heterocycles. The van der Waals surface area contributed by atoms with Gasteiger partial charge in [0.1, 0.15) is 5.84 Å². The molecule has 0 aliphatic rings. The van der Waals surface area contributed by atoms with Gasteiger partial charge in [0.15, 0.2) is 0 Å². The van der Waals surface area contributed by atoms with Gasteiger partial charge in [0.2, 0.25) is 0 Å². The second-order valence-corrected chi connectivity index (χ2v) is 4.07. The standard InChI is InChI=1S/C14H11F3N2/c15-14(16,17)12-6-4-9(5-7-12)10-2-1-3-11(8-10)13(18)19/h1-8H,(H3,18,19). The van der Waals surface area contributed by atoms with Gasteiger partial charge in [-0.2, -0.15) is 13.2 Å². The molecular formula is C14H11F3N2. The molecule has 2 aromatic carbocycles. The topological polar surface area (TPSA) is 49.9 Å². The first-order chi connectivity index (χ1) is 8.88. The van der Waals surface area contributed by atoms with Gasteiger partial charge in [0.05, 0.1) is 5.56 Å². The molecular weight excluding hydrogens is 253 g/mol. The zero-order chi connectivity index (χ0) is 14.0. The van der Waals surface area contributed by atoms with Crippen LogP contribution in [-0.4, -0.2) is 5.84 Å². The summed E-state index contributed by atoms with van der Waals surface area (Å²) in [4.78, 5) is 0. The van der Waals surface area contributed by atoms with Crippen molar-refractivity contribution in [2.75, 3.05) is 0 Å². The van der Waals surface area contributed by atoms with Crippen molar-refractivity contribution >= 4 is 5.84 Å². The van der Waals surface area contributed by atoms with E-state index >= 15 is 0 Å². The highest BCUT2D eigenvalue weighted by molar-refractivity contribution is 5.96. The number of halogens is 3. The summed E-state index contributed by atoms with van der Waals surface area (Å²) in [6, 6.07) is 11.7. The normalized spacial score (nSPS) is 11.3. The van der Waals surface area contributed by atoms with Gasteiger partial charge < -0.3 is 5.73 Å². The maximum absolute atomic E-state index is 12.4. The van der Waals surface area contributed by atoms with E-state index in [-0.39, 0.29) is 5.84 Å². The summed E-state index contributed by atoms with van der Waals surface area (Å²) in [5.74, 6) is -0.0752. The number of hydrogen-bond donors (Lipinski definition) is 2. The lowest BCUT2D eigenvalue weighted by Crippen LogP contribution is -2.10. The van der Waals surface area contributed by atoms with Crippen LogP contribution in [0, 0.1) is 5.41 Å². The van der Waals surface area contributed by atoms with Crippen LogP contribution in [0.4, 0.5) is 13.2 Å². The fraction of sp³-hybridized carbons (Fsp3) is 0.0714. The van der Waals surface area contributed by atoms with Crippen molar-refractivity contribution in [1.82, 2.24) is 0 Å². The number of alkyl halides is 3. The molecule has 0 aromatic heterocycles. The second kappa shape index (κ2) is 4.76. The number of nitrogens with two attached hydrogens (primary N) is 1. The van der Waals surface area contributed by atoms with Crippen molar-refractivity contribution < 1.29 is 13.2 Å². The molecule has 2 nitrogen and oxygen atoms in total. The van der Waals surface area contributed by atoms with Crippen molar-refractivity contribution in [3.05, 3.63) is 59.7 Å². The van der Waals surface area contributed by atoms with Gasteiger partial charge in [-0.05, 0) is 29.3 Å². The number of hydrogen-bond acceptors (Lipinski definition) is 1. The van der Waals surface area contributed by atoms with Gasteiger partial charge in [-0.1, -0.05) is 30.3 Å². The highest BCUT2D eigenvalue weighted by Crippen LogP contribution is 2.31. The third-order valence-electron chi connectivity index (χ3n) is 2.72. The molecule has 0 fully saturated rings. The first-order valence-electron chi connectivity index (χ1n) is 5.50. The highest BCUT2D eigenvalue weighted by Gasteiger charge is 2.29. The summed E-state index contributed by atoms with van der Waals surface area (Å²) in [7, 11) is 0. The molecule has 0 aliphatic carbocycles. The van der Waals surface area contributed by atoms with E-state index in [0.717, 1.165) is 17.7 Å². The molecule has 0 radical (unpaired) electrons. The molecule has 0 saturated heterocycles. The summed E-state index contributed by atoms with van der Waals surface area (Å²) in [6.45, 7) is 0. The predicted molar refractivity (Wildman–Crippen MR) is 67.9 cm³/mol. The molecule has 0 bridgehead atoms. The molecule has 5 heteroatoms. The first-order valence-corrected chi connectivity index (χ1v) is 5.50. The van der Waals surface area contributed by atoms with E-state index in [4.69, 9.17) is 11.1 Å². The number of benzene rings is 2. The Morgan fingerprint density at radius 2 is 1.58 bits per heavy atom. The van der Waals surface area contributed by atoms with Crippen LogP contribution in [0.5, 0.6) is 0 Å². The van der Waals surface area contributed by atoms with E-state index in [1.54, 1.807) is 24.3 Å². The maximum atomic E-state index is 12.4. The van der Waals surface area contributed by atoms with Gasteiger partial charge in [-0.3, -0.25) is 5.41 Å². The van der Waals surface area contributed by atoms with E-state index in [0.29, 0.717) is 11.1 Å². The Labute approximate surface area is 108 Å². The maximum Gasteiger partial charge on any atom is 0.416 e. The van der Waals surface area contributed by atoms with E-state index < -0.39 is 11.7 Å². The largest absolute Gasteiger partial charge is 0.416 e. The third-order valence-corrected chi connectivity index (χ3v) is 2.72. The minimum atomic E-state index is -4.33. The molecule has 2 aromatic rings. The predicted octanol–water partition coefficient (Wildman–Crippen LogP) is 3.66. The lowest BCUT2D eigenvalue weighted by Gasteiger charge is -2.08. The molecule has 98 valence electrons. The number of nitrogens with one attached hydrogen (secondary N) is 1. The monoisotopic (exact) mass is 264 g/mol. The van der Waals surface area contributed by atoms with Crippen molar-refractivity contribution in [1.29, 1.82) is 5.41 Å². The Balaban J connectivity index is 2.37. The summed E-state index contributed by atoms with van der Waals surface area (Å²) in [6.07, 6.45) is -4.33. The molecule has 0 spiro atoms. The van der Waals surface area contributed by atoms with E-state index in [2.05, 4.69) is 0 Å². The molecule has 0 atom stereocenters. The third kappa shape index (κ3) is 2.93. The van der Waals surface area contributed by atoms with Crippen molar-refractivity contribution in [2.24, 2.45) is 5.73 Å². The Hall–Kier alpha value is -2.30. The Bertz CT molecular complexity index is 601. The fourth-order valence-corrected chi connectivity index (χ4v) is 1.72. The van der Waals surface area contributed by atoms with Crippen LogP contribution in [0.1, 0.15) is 11.1 Å². The van der Waals surface area contributed by atoms with Crippen LogP contribution >= 0.6 is 0 Å². The average Bonchev–Trinajstić information content (AvgIpc) is 2.38. The molecule has 3 N–H and O–H groups in total. The number of amidine groups is 1. The molecule has 19 heavy (non-hydrogen) atoms. The van der Waals surface area contributed by atoms with Gasteiger partial charge in [-0.15, -0.1) is 0 Å².